The molecule has 0 bridgehead atoms. The van der Waals surface area contributed by atoms with Crippen LogP contribution >= 0.6 is 27.7 Å². The second kappa shape index (κ2) is 6.33. The molecule has 0 amide bonds. The zero-order valence-electron chi connectivity index (χ0n) is 9.00. The third-order valence-electron chi connectivity index (χ3n) is 2.04. The molecule has 0 spiro atoms. The number of carbonyl (C=O) groups is 1. The number of hydrogen-bond acceptors (Lipinski definition) is 2. The Morgan fingerprint density at radius 3 is 2.73 bits per heavy atom. The molecule has 0 aromatic heterocycles. The van der Waals surface area contributed by atoms with E-state index in [1.165, 1.54) is 11.3 Å². The van der Waals surface area contributed by atoms with Crippen LogP contribution in [0.5, 0.6) is 0 Å². The molecule has 1 aromatic rings. The highest BCUT2D eigenvalue weighted by Gasteiger charge is 2.02. The van der Waals surface area contributed by atoms with Gasteiger partial charge in [-0.2, -0.15) is 0 Å². The molecule has 0 N–H and O–H groups in total. The molecule has 1 rings (SSSR count). The Kier molecular flexibility index (Phi) is 5.40. The van der Waals surface area contributed by atoms with Crippen molar-refractivity contribution in [2.24, 2.45) is 5.92 Å². The molecule has 0 unspecified atom stereocenters. The molecule has 0 radical (unpaired) electrons. The van der Waals surface area contributed by atoms with Gasteiger partial charge in [-0.3, -0.25) is 4.79 Å². The molecule has 15 heavy (non-hydrogen) atoms. The fraction of sp³-hybridized carbons (Fsp3) is 0.417. The Bertz CT molecular complexity index is 336. The quantitative estimate of drug-likeness (QED) is 0.590. The Labute approximate surface area is 104 Å². The first-order chi connectivity index (χ1) is 7.13. The number of carbonyl (C=O) groups excluding carboxylic acids is 1. The lowest BCUT2D eigenvalue weighted by molar-refractivity contribution is 0.112. The molecule has 1 nitrogen and oxygen atoms in total. The lowest BCUT2D eigenvalue weighted by Gasteiger charge is -2.06. The summed E-state index contributed by atoms with van der Waals surface area (Å²) in [5, 5.41) is 0. The van der Waals surface area contributed by atoms with Gasteiger partial charge in [0.15, 0.2) is 0 Å². The van der Waals surface area contributed by atoms with E-state index >= 15 is 0 Å². The molecule has 0 saturated heterocycles. The molecule has 0 fully saturated rings. The van der Waals surface area contributed by atoms with Crippen molar-refractivity contribution in [3.63, 3.8) is 0 Å². The summed E-state index contributed by atoms with van der Waals surface area (Å²) in [5.74, 6) is 1.86. The molecular weight excluding hydrogens is 272 g/mol. The average molecular weight is 287 g/mol. The van der Waals surface area contributed by atoms with E-state index in [0.717, 1.165) is 28.0 Å². The zero-order valence-corrected chi connectivity index (χ0v) is 11.4. The number of benzene rings is 1. The molecule has 1 aromatic carbocycles. The summed E-state index contributed by atoms with van der Waals surface area (Å²) in [6.07, 6.45) is 2.08. The number of halogens is 1. The maximum atomic E-state index is 10.5. The first-order valence-corrected chi connectivity index (χ1v) is 6.79. The third kappa shape index (κ3) is 4.39. The van der Waals surface area contributed by atoms with E-state index in [9.17, 15) is 4.79 Å². The lowest BCUT2D eigenvalue weighted by Crippen LogP contribution is -1.90. The second-order valence-electron chi connectivity index (χ2n) is 3.84. The van der Waals surface area contributed by atoms with Crippen molar-refractivity contribution in [2.45, 2.75) is 25.2 Å². The molecular formula is C12H15BrOS. The van der Waals surface area contributed by atoms with E-state index in [0.29, 0.717) is 0 Å². The first-order valence-electron chi connectivity index (χ1n) is 5.01. The largest absolute Gasteiger partial charge is 0.298 e. The van der Waals surface area contributed by atoms with E-state index in [1.54, 1.807) is 0 Å². The topological polar surface area (TPSA) is 17.1 Å². The number of hydrogen-bond donors (Lipinski definition) is 0. The minimum absolute atomic E-state index is 0.718. The maximum Gasteiger partial charge on any atom is 0.150 e. The molecule has 0 aliphatic heterocycles. The van der Waals surface area contributed by atoms with Crippen molar-refractivity contribution >= 4 is 34.0 Å². The highest BCUT2D eigenvalue weighted by molar-refractivity contribution is 9.10. The van der Waals surface area contributed by atoms with Gasteiger partial charge in [-0.25, -0.2) is 0 Å². The van der Waals surface area contributed by atoms with Crippen LogP contribution in [0.2, 0.25) is 0 Å². The minimum atomic E-state index is 0.718. The van der Waals surface area contributed by atoms with Gasteiger partial charge in [-0.15, -0.1) is 11.8 Å². The third-order valence-corrected chi connectivity index (χ3v) is 4.07. The van der Waals surface area contributed by atoms with Crippen LogP contribution in [-0.2, 0) is 0 Å². The molecule has 0 aliphatic rings. The normalized spacial score (nSPS) is 10.7. The van der Waals surface area contributed by atoms with Crippen LogP contribution < -0.4 is 0 Å². The van der Waals surface area contributed by atoms with Gasteiger partial charge in [-0.05, 0) is 46.2 Å². The van der Waals surface area contributed by atoms with Gasteiger partial charge in [0, 0.05) is 14.9 Å². The van der Waals surface area contributed by atoms with E-state index in [4.69, 9.17) is 0 Å². The van der Waals surface area contributed by atoms with Crippen LogP contribution in [-0.4, -0.2) is 12.0 Å². The summed E-state index contributed by atoms with van der Waals surface area (Å²) >= 11 is 5.31. The van der Waals surface area contributed by atoms with Gasteiger partial charge in [0.2, 0.25) is 0 Å². The van der Waals surface area contributed by atoms with Crippen molar-refractivity contribution in [1.82, 2.24) is 0 Å². The highest BCUT2D eigenvalue weighted by atomic mass is 79.9. The van der Waals surface area contributed by atoms with Gasteiger partial charge in [0.25, 0.3) is 0 Å². The number of aldehydes is 1. The SMILES string of the molecule is CC(C)CCSc1ccc(C=O)cc1Br. The van der Waals surface area contributed by atoms with Crippen molar-refractivity contribution in [2.75, 3.05) is 5.75 Å². The smallest absolute Gasteiger partial charge is 0.150 e. The Morgan fingerprint density at radius 2 is 2.20 bits per heavy atom. The Balaban J connectivity index is 2.58. The molecule has 0 aliphatic carbocycles. The molecule has 82 valence electrons. The molecule has 0 saturated carbocycles. The van der Waals surface area contributed by atoms with Gasteiger partial charge in [-0.1, -0.05) is 19.9 Å². The van der Waals surface area contributed by atoms with Gasteiger partial charge in [0.1, 0.15) is 6.29 Å². The van der Waals surface area contributed by atoms with Crippen LogP contribution in [0, 0.1) is 5.92 Å². The summed E-state index contributed by atoms with van der Waals surface area (Å²) < 4.78 is 1.01. The lowest BCUT2D eigenvalue weighted by atomic mass is 10.2. The van der Waals surface area contributed by atoms with Crippen LogP contribution in [0.4, 0.5) is 0 Å². The van der Waals surface area contributed by atoms with Crippen LogP contribution in [0.25, 0.3) is 0 Å². The van der Waals surface area contributed by atoms with E-state index in [2.05, 4.69) is 29.8 Å². The Morgan fingerprint density at radius 1 is 1.47 bits per heavy atom. The fourth-order valence-electron chi connectivity index (χ4n) is 1.11. The monoisotopic (exact) mass is 286 g/mol. The number of thioether (sulfide) groups is 1. The summed E-state index contributed by atoms with van der Waals surface area (Å²) in [4.78, 5) is 11.8. The predicted octanol–water partition coefficient (Wildman–Crippen LogP) is 4.40. The van der Waals surface area contributed by atoms with Crippen molar-refractivity contribution in [1.29, 1.82) is 0 Å². The average Bonchev–Trinajstić information content (AvgIpc) is 2.20. The maximum absolute atomic E-state index is 10.5. The first kappa shape index (κ1) is 12.8. The predicted molar refractivity (Wildman–Crippen MR) is 69.7 cm³/mol. The van der Waals surface area contributed by atoms with Crippen LogP contribution in [0.1, 0.15) is 30.6 Å². The van der Waals surface area contributed by atoms with Gasteiger partial charge in [0.05, 0.1) is 0 Å². The van der Waals surface area contributed by atoms with E-state index in [1.807, 2.05) is 30.0 Å². The van der Waals surface area contributed by atoms with Crippen LogP contribution in [0.15, 0.2) is 27.6 Å². The summed E-state index contributed by atoms with van der Waals surface area (Å²) in [6.45, 7) is 4.45. The second-order valence-corrected chi connectivity index (χ2v) is 5.83. The summed E-state index contributed by atoms with van der Waals surface area (Å²) in [6, 6.07) is 5.72. The molecule has 0 atom stereocenters. The number of rotatable bonds is 5. The fourth-order valence-corrected chi connectivity index (χ4v) is 3.02. The summed E-state index contributed by atoms with van der Waals surface area (Å²) in [7, 11) is 0. The minimum Gasteiger partial charge on any atom is -0.298 e. The highest BCUT2D eigenvalue weighted by Crippen LogP contribution is 2.29. The van der Waals surface area contributed by atoms with Gasteiger partial charge < -0.3 is 0 Å². The zero-order chi connectivity index (χ0) is 11.3. The Hall–Kier alpha value is -0.280. The van der Waals surface area contributed by atoms with Crippen molar-refractivity contribution < 1.29 is 4.79 Å². The van der Waals surface area contributed by atoms with Gasteiger partial charge >= 0.3 is 0 Å². The summed E-state index contributed by atoms with van der Waals surface area (Å²) in [5.41, 5.74) is 0.718. The van der Waals surface area contributed by atoms with E-state index < -0.39 is 0 Å². The van der Waals surface area contributed by atoms with Crippen LogP contribution in [0.3, 0.4) is 0 Å². The standard InChI is InChI=1S/C12H15BrOS/c1-9(2)5-6-15-12-4-3-10(8-14)7-11(12)13/h3-4,7-9H,5-6H2,1-2H3. The van der Waals surface area contributed by atoms with Crippen molar-refractivity contribution in [3.8, 4) is 0 Å². The van der Waals surface area contributed by atoms with Crippen molar-refractivity contribution in [3.05, 3.63) is 28.2 Å². The van der Waals surface area contributed by atoms with E-state index in [-0.39, 0.29) is 0 Å². The molecule has 0 heterocycles. The molecule has 3 heteroatoms.